The molecule has 1 unspecified atom stereocenters. The average Bonchev–Trinajstić information content (AvgIpc) is 3.29. The summed E-state index contributed by atoms with van der Waals surface area (Å²) in [5.74, 6) is 1.73. The molecule has 0 radical (unpaired) electrons. The number of hydrogen-bond donors (Lipinski definition) is 1. The Labute approximate surface area is 124 Å². The zero-order valence-corrected chi connectivity index (χ0v) is 12.2. The smallest absolute Gasteiger partial charge is 0.248 e. The minimum Gasteiger partial charge on any atom is -0.354 e. The van der Waals surface area contributed by atoms with Gasteiger partial charge >= 0.3 is 0 Å². The van der Waals surface area contributed by atoms with E-state index in [-0.39, 0.29) is 5.91 Å². The van der Waals surface area contributed by atoms with Gasteiger partial charge in [-0.25, -0.2) is 4.98 Å². The largest absolute Gasteiger partial charge is 0.354 e. The highest BCUT2D eigenvalue weighted by atomic mass is 16.2. The van der Waals surface area contributed by atoms with Crippen LogP contribution in [0.2, 0.25) is 0 Å². The third-order valence-electron chi connectivity index (χ3n) is 4.40. The van der Waals surface area contributed by atoms with Gasteiger partial charge in [-0.15, -0.1) is 0 Å². The Hall–Kier alpha value is -2.16. The van der Waals surface area contributed by atoms with Crippen molar-refractivity contribution in [2.45, 2.75) is 32.6 Å². The molecule has 1 saturated heterocycles. The maximum atomic E-state index is 12.5. The standard InChI is InChI=1S/C15H19N5O/c1-2-15(10-16)6-8-20(13(15)21)12-5-7-17-14(19-12)18-9-11-3-4-11/h5,7,11H,2-4,6,8-9H2,1H3,(H,17,18,19). The van der Waals surface area contributed by atoms with Crippen LogP contribution in [0.4, 0.5) is 11.8 Å². The van der Waals surface area contributed by atoms with E-state index in [9.17, 15) is 10.1 Å². The Morgan fingerprint density at radius 3 is 3.00 bits per heavy atom. The van der Waals surface area contributed by atoms with Gasteiger partial charge in [-0.2, -0.15) is 10.2 Å². The average molecular weight is 285 g/mol. The monoisotopic (exact) mass is 285 g/mol. The molecular formula is C15H19N5O. The zero-order chi connectivity index (χ0) is 14.9. The van der Waals surface area contributed by atoms with E-state index in [2.05, 4.69) is 21.4 Å². The van der Waals surface area contributed by atoms with Crippen molar-refractivity contribution in [2.24, 2.45) is 11.3 Å². The normalized spacial score (nSPS) is 25.0. The predicted octanol–water partition coefficient (Wildman–Crippen LogP) is 1.96. The molecule has 1 aromatic rings. The minimum absolute atomic E-state index is 0.139. The van der Waals surface area contributed by atoms with Crippen LogP contribution in [-0.2, 0) is 4.79 Å². The van der Waals surface area contributed by atoms with Crippen molar-refractivity contribution in [1.82, 2.24) is 9.97 Å². The van der Waals surface area contributed by atoms with Gasteiger partial charge in [0.15, 0.2) is 0 Å². The maximum Gasteiger partial charge on any atom is 0.248 e. The van der Waals surface area contributed by atoms with Crippen LogP contribution in [0.15, 0.2) is 12.3 Å². The molecule has 1 saturated carbocycles. The Kier molecular flexibility index (Phi) is 3.50. The summed E-state index contributed by atoms with van der Waals surface area (Å²) in [5.41, 5.74) is -0.882. The number of amides is 1. The molecule has 1 aliphatic heterocycles. The van der Waals surface area contributed by atoms with Crippen LogP contribution in [0.1, 0.15) is 32.6 Å². The van der Waals surface area contributed by atoms with E-state index in [0.717, 1.165) is 12.5 Å². The van der Waals surface area contributed by atoms with Crippen molar-refractivity contribution in [1.29, 1.82) is 5.26 Å². The highest BCUT2D eigenvalue weighted by molar-refractivity contribution is 6.01. The lowest BCUT2D eigenvalue weighted by atomic mass is 9.85. The summed E-state index contributed by atoms with van der Waals surface area (Å²) in [5, 5.41) is 12.5. The van der Waals surface area contributed by atoms with Gasteiger partial charge in [0.05, 0.1) is 6.07 Å². The van der Waals surface area contributed by atoms with Gasteiger partial charge in [0.2, 0.25) is 11.9 Å². The maximum absolute atomic E-state index is 12.5. The molecule has 21 heavy (non-hydrogen) atoms. The first-order chi connectivity index (χ1) is 10.2. The fourth-order valence-electron chi connectivity index (χ4n) is 2.64. The lowest BCUT2D eigenvalue weighted by Gasteiger charge is -2.19. The number of rotatable bonds is 5. The summed E-state index contributed by atoms with van der Waals surface area (Å²) >= 11 is 0. The molecule has 2 aliphatic rings. The fourth-order valence-corrected chi connectivity index (χ4v) is 2.64. The molecule has 6 nitrogen and oxygen atoms in total. The first-order valence-electron chi connectivity index (χ1n) is 7.48. The van der Waals surface area contributed by atoms with Gasteiger partial charge in [-0.3, -0.25) is 9.69 Å². The van der Waals surface area contributed by atoms with Crippen LogP contribution in [0.5, 0.6) is 0 Å². The molecular weight excluding hydrogens is 266 g/mol. The minimum atomic E-state index is -0.882. The van der Waals surface area contributed by atoms with Gasteiger partial charge in [-0.05, 0) is 37.7 Å². The molecule has 2 heterocycles. The van der Waals surface area contributed by atoms with Crippen molar-refractivity contribution in [2.75, 3.05) is 23.3 Å². The van der Waals surface area contributed by atoms with E-state index < -0.39 is 5.41 Å². The zero-order valence-electron chi connectivity index (χ0n) is 12.2. The van der Waals surface area contributed by atoms with Crippen LogP contribution >= 0.6 is 0 Å². The van der Waals surface area contributed by atoms with Crippen LogP contribution < -0.4 is 10.2 Å². The second-order valence-corrected chi connectivity index (χ2v) is 5.82. The van der Waals surface area contributed by atoms with Crippen molar-refractivity contribution >= 4 is 17.7 Å². The van der Waals surface area contributed by atoms with E-state index in [0.29, 0.717) is 31.2 Å². The molecule has 1 atom stereocenters. The van der Waals surface area contributed by atoms with E-state index in [4.69, 9.17) is 0 Å². The van der Waals surface area contributed by atoms with Crippen LogP contribution in [0, 0.1) is 22.7 Å². The van der Waals surface area contributed by atoms with Gasteiger partial charge < -0.3 is 5.32 Å². The van der Waals surface area contributed by atoms with Crippen molar-refractivity contribution in [3.63, 3.8) is 0 Å². The number of aromatic nitrogens is 2. The number of carbonyl (C=O) groups is 1. The number of nitriles is 1. The van der Waals surface area contributed by atoms with E-state index >= 15 is 0 Å². The second kappa shape index (κ2) is 5.32. The quantitative estimate of drug-likeness (QED) is 0.894. The summed E-state index contributed by atoms with van der Waals surface area (Å²) in [4.78, 5) is 22.7. The Bertz CT molecular complexity index is 592. The first-order valence-corrected chi connectivity index (χ1v) is 7.48. The van der Waals surface area contributed by atoms with Crippen molar-refractivity contribution in [3.05, 3.63) is 12.3 Å². The number of nitrogens with one attached hydrogen (secondary N) is 1. The summed E-state index contributed by atoms with van der Waals surface area (Å²) in [6, 6.07) is 3.91. The number of nitrogens with zero attached hydrogens (tertiary/aromatic N) is 4. The Morgan fingerprint density at radius 2 is 2.38 bits per heavy atom. The molecule has 0 bridgehead atoms. The van der Waals surface area contributed by atoms with E-state index in [1.807, 2.05) is 6.92 Å². The molecule has 0 spiro atoms. The molecule has 6 heteroatoms. The van der Waals surface area contributed by atoms with Gasteiger partial charge in [0.1, 0.15) is 11.2 Å². The summed E-state index contributed by atoms with van der Waals surface area (Å²) in [6.07, 6.45) is 5.28. The molecule has 0 aromatic carbocycles. The van der Waals surface area contributed by atoms with Crippen molar-refractivity contribution in [3.8, 4) is 6.07 Å². The predicted molar refractivity (Wildman–Crippen MR) is 78.6 cm³/mol. The second-order valence-electron chi connectivity index (χ2n) is 5.82. The van der Waals surface area contributed by atoms with Crippen LogP contribution in [0.25, 0.3) is 0 Å². The van der Waals surface area contributed by atoms with Crippen LogP contribution in [-0.4, -0.2) is 29.0 Å². The lowest BCUT2D eigenvalue weighted by Crippen LogP contribution is -2.33. The number of anilines is 2. The molecule has 1 amide bonds. The van der Waals surface area contributed by atoms with Gasteiger partial charge in [0.25, 0.3) is 0 Å². The highest BCUT2D eigenvalue weighted by Gasteiger charge is 2.46. The molecule has 110 valence electrons. The van der Waals surface area contributed by atoms with Crippen molar-refractivity contribution < 1.29 is 4.79 Å². The lowest BCUT2D eigenvalue weighted by molar-refractivity contribution is -0.123. The van der Waals surface area contributed by atoms with Gasteiger partial charge in [-0.1, -0.05) is 6.92 Å². The molecule has 1 aromatic heterocycles. The van der Waals surface area contributed by atoms with Crippen LogP contribution in [0.3, 0.4) is 0 Å². The molecule has 2 fully saturated rings. The number of hydrogen-bond acceptors (Lipinski definition) is 5. The summed E-state index contributed by atoms with van der Waals surface area (Å²) in [6.45, 7) is 3.31. The fraction of sp³-hybridized carbons (Fsp3) is 0.600. The van der Waals surface area contributed by atoms with E-state index in [1.54, 1.807) is 17.2 Å². The SMILES string of the molecule is CCC1(C#N)CCN(c2ccnc(NCC3CC3)n2)C1=O. The topological polar surface area (TPSA) is 81.9 Å². The number of carbonyl (C=O) groups excluding carboxylic acids is 1. The summed E-state index contributed by atoms with van der Waals surface area (Å²) < 4.78 is 0. The molecule has 3 rings (SSSR count). The third-order valence-corrected chi connectivity index (χ3v) is 4.40. The van der Waals surface area contributed by atoms with Gasteiger partial charge in [0, 0.05) is 19.3 Å². The Morgan fingerprint density at radius 1 is 1.57 bits per heavy atom. The van der Waals surface area contributed by atoms with E-state index in [1.165, 1.54) is 12.8 Å². The molecule has 1 N–H and O–H groups in total. The molecule has 1 aliphatic carbocycles. The third kappa shape index (κ3) is 2.56. The highest BCUT2D eigenvalue weighted by Crippen LogP contribution is 2.36. The summed E-state index contributed by atoms with van der Waals surface area (Å²) in [7, 11) is 0. The Balaban J connectivity index is 1.76. The first kappa shape index (κ1) is 13.8.